The van der Waals surface area contributed by atoms with Crippen molar-refractivity contribution in [3.63, 3.8) is 0 Å². The summed E-state index contributed by atoms with van der Waals surface area (Å²) in [5.41, 5.74) is 3.88. The highest BCUT2D eigenvalue weighted by atomic mass is 16.2. The van der Waals surface area contributed by atoms with E-state index in [0.29, 0.717) is 5.92 Å². The first-order valence-electron chi connectivity index (χ1n) is 9.60. The van der Waals surface area contributed by atoms with Crippen molar-refractivity contribution in [1.29, 1.82) is 0 Å². The van der Waals surface area contributed by atoms with E-state index in [2.05, 4.69) is 33.3 Å². The second-order valence-electron chi connectivity index (χ2n) is 7.26. The normalized spacial score (nSPS) is 18.1. The number of fused-ring (bicyclic) bond motifs is 1. The van der Waals surface area contributed by atoms with Crippen molar-refractivity contribution in [2.75, 3.05) is 25.0 Å². The molecule has 8 nitrogen and oxygen atoms in total. The van der Waals surface area contributed by atoms with Crippen LogP contribution in [0.1, 0.15) is 31.4 Å². The van der Waals surface area contributed by atoms with Crippen LogP contribution in [0.2, 0.25) is 6.82 Å². The van der Waals surface area contributed by atoms with Gasteiger partial charge in [-0.15, -0.1) is 0 Å². The number of aromatic nitrogens is 5. The van der Waals surface area contributed by atoms with Crippen LogP contribution >= 0.6 is 0 Å². The van der Waals surface area contributed by atoms with Gasteiger partial charge in [0.1, 0.15) is 5.82 Å². The summed E-state index contributed by atoms with van der Waals surface area (Å²) in [6.07, 6.45) is 7.82. The molecule has 0 bridgehead atoms. The lowest BCUT2D eigenvalue weighted by atomic mass is 9.80. The maximum Gasteiger partial charge on any atom is 0.376 e. The van der Waals surface area contributed by atoms with Crippen molar-refractivity contribution in [2.45, 2.75) is 32.5 Å². The number of hydrogen-bond donors (Lipinski definition) is 2. The van der Waals surface area contributed by atoms with Gasteiger partial charge < -0.3 is 15.2 Å². The quantitative estimate of drug-likeness (QED) is 0.670. The molecule has 9 heteroatoms. The maximum atomic E-state index is 9.98. The summed E-state index contributed by atoms with van der Waals surface area (Å²) in [4.78, 5) is 7.11. The van der Waals surface area contributed by atoms with E-state index in [-0.39, 0.29) is 0 Å². The van der Waals surface area contributed by atoms with Gasteiger partial charge in [0.25, 0.3) is 0 Å². The maximum absolute atomic E-state index is 9.98. The van der Waals surface area contributed by atoms with Gasteiger partial charge in [0.15, 0.2) is 5.65 Å². The number of hydrogen-bond acceptors (Lipinski definition) is 6. The fourth-order valence-corrected chi connectivity index (χ4v) is 3.85. The topological polar surface area (TPSA) is 83.5 Å². The molecule has 3 aromatic rings. The van der Waals surface area contributed by atoms with Crippen molar-refractivity contribution >= 4 is 18.5 Å². The van der Waals surface area contributed by atoms with Gasteiger partial charge in [-0.05, 0) is 39.7 Å². The van der Waals surface area contributed by atoms with Gasteiger partial charge in [-0.1, -0.05) is 0 Å². The molecule has 2 N–H and O–H groups in total. The summed E-state index contributed by atoms with van der Waals surface area (Å²) >= 11 is 0. The van der Waals surface area contributed by atoms with E-state index in [0.717, 1.165) is 60.8 Å². The molecular formula is C18H26BN7O. The van der Waals surface area contributed by atoms with Crippen LogP contribution in [0.4, 0.5) is 5.82 Å². The number of nitrogens with zero attached hydrogens (tertiary/aromatic N) is 6. The van der Waals surface area contributed by atoms with Crippen LogP contribution in [0.5, 0.6) is 0 Å². The Kier molecular flexibility index (Phi) is 4.88. The van der Waals surface area contributed by atoms with Gasteiger partial charge in [-0.2, -0.15) is 14.7 Å². The van der Waals surface area contributed by atoms with Gasteiger partial charge in [-0.3, -0.25) is 4.68 Å². The first-order valence-corrected chi connectivity index (χ1v) is 9.60. The molecule has 0 saturated carbocycles. The van der Waals surface area contributed by atoms with Crippen molar-refractivity contribution in [3.8, 4) is 11.1 Å². The number of rotatable bonds is 5. The molecule has 1 atom stereocenters. The smallest absolute Gasteiger partial charge is 0.376 e. The third-order valence-corrected chi connectivity index (χ3v) is 5.26. The number of piperidine rings is 1. The Morgan fingerprint density at radius 2 is 2.19 bits per heavy atom. The lowest BCUT2D eigenvalue weighted by Crippen LogP contribution is -2.43. The molecule has 0 spiro atoms. The summed E-state index contributed by atoms with van der Waals surface area (Å²) in [6.45, 7) is 6.48. The Labute approximate surface area is 159 Å². The van der Waals surface area contributed by atoms with Crippen LogP contribution in [0.25, 0.3) is 16.8 Å². The third kappa shape index (κ3) is 3.44. The number of anilines is 1. The highest BCUT2D eigenvalue weighted by Crippen LogP contribution is 2.31. The lowest BCUT2D eigenvalue weighted by Gasteiger charge is -2.33. The molecule has 1 fully saturated rings. The molecule has 4 rings (SSSR count). The third-order valence-electron chi connectivity index (χ3n) is 5.26. The molecule has 1 saturated heterocycles. The summed E-state index contributed by atoms with van der Waals surface area (Å²) in [5, 5.41) is 22.2. The van der Waals surface area contributed by atoms with Gasteiger partial charge in [0, 0.05) is 42.9 Å². The van der Waals surface area contributed by atoms with Crippen LogP contribution in [0.15, 0.2) is 24.7 Å². The molecule has 1 aliphatic heterocycles. The molecule has 0 amide bonds. The van der Waals surface area contributed by atoms with E-state index < -0.39 is 7.05 Å². The molecule has 4 heterocycles. The number of nitrogens with one attached hydrogen (secondary N) is 1. The second-order valence-corrected chi connectivity index (χ2v) is 7.26. The average molecular weight is 367 g/mol. The Balaban J connectivity index is 1.79. The molecule has 142 valence electrons. The van der Waals surface area contributed by atoms with Crippen molar-refractivity contribution in [2.24, 2.45) is 7.05 Å². The lowest BCUT2D eigenvalue weighted by molar-refractivity contribution is 0.283. The molecule has 0 radical (unpaired) electrons. The van der Waals surface area contributed by atoms with Gasteiger partial charge >= 0.3 is 7.05 Å². The van der Waals surface area contributed by atoms with E-state index in [1.807, 2.05) is 37.0 Å². The highest BCUT2D eigenvalue weighted by Gasteiger charge is 2.27. The first-order chi connectivity index (χ1) is 13.1. The van der Waals surface area contributed by atoms with Gasteiger partial charge in [0.05, 0.1) is 18.1 Å². The van der Waals surface area contributed by atoms with Crippen molar-refractivity contribution in [3.05, 3.63) is 30.4 Å². The van der Waals surface area contributed by atoms with Crippen molar-refractivity contribution in [1.82, 2.24) is 29.2 Å². The SMILES string of the molecule is CCNc1cc(C2CCCN(B(C)O)C2)nc2c(-c3cnn(C)c3)cnn12. The van der Waals surface area contributed by atoms with E-state index in [1.54, 1.807) is 4.68 Å². The molecule has 0 aliphatic carbocycles. The highest BCUT2D eigenvalue weighted by molar-refractivity contribution is 6.45. The van der Waals surface area contributed by atoms with Crippen LogP contribution in [0, 0.1) is 0 Å². The predicted molar refractivity (Wildman–Crippen MR) is 107 cm³/mol. The zero-order valence-electron chi connectivity index (χ0n) is 16.1. The molecule has 1 aliphatic rings. The molecular weight excluding hydrogens is 341 g/mol. The van der Waals surface area contributed by atoms with Crippen LogP contribution in [-0.4, -0.2) is 60.9 Å². The van der Waals surface area contributed by atoms with E-state index in [1.165, 1.54) is 0 Å². The molecule has 27 heavy (non-hydrogen) atoms. The second kappa shape index (κ2) is 7.32. The van der Waals surface area contributed by atoms with Crippen LogP contribution in [0.3, 0.4) is 0 Å². The molecule has 0 aromatic carbocycles. The molecule has 3 aromatic heterocycles. The van der Waals surface area contributed by atoms with Crippen LogP contribution < -0.4 is 5.32 Å². The Bertz CT molecular complexity index is 935. The first kappa shape index (κ1) is 18.0. The summed E-state index contributed by atoms with van der Waals surface area (Å²) < 4.78 is 3.65. The Morgan fingerprint density at radius 3 is 2.89 bits per heavy atom. The largest absolute Gasteiger partial charge is 0.437 e. The van der Waals surface area contributed by atoms with Crippen LogP contribution in [-0.2, 0) is 7.05 Å². The minimum Gasteiger partial charge on any atom is -0.437 e. The predicted octanol–water partition coefficient (Wildman–Crippen LogP) is 1.85. The van der Waals surface area contributed by atoms with Crippen molar-refractivity contribution < 1.29 is 5.02 Å². The average Bonchev–Trinajstić information content (AvgIpc) is 3.28. The van der Waals surface area contributed by atoms with Gasteiger partial charge in [-0.25, -0.2) is 4.98 Å². The number of aryl methyl sites for hydroxylation is 1. The summed E-state index contributed by atoms with van der Waals surface area (Å²) in [5.74, 6) is 1.24. The monoisotopic (exact) mass is 367 g/mol. The summed E-state index contributed by atoms with van der Waals surface area (Å²) in [7, 11) is 1.48. The Hall–Kier alpha value is -2.39. The Morgan fingerprint density at radius 1 is 1.33 bits per heavy atom. The molecule has 1 unspecified atom stereocenters. The zero-order valence-corrected chi connectivity index (χ0v) is 16.1. The van der Waals surface area contributed by atoms with Gasteiger partial charge in [0.2, 0.25) is 0 Å². The van der Waals surface area contributed by atoms with E-state index in [9.17, 15) is 5.02 Å². The zero-order chi connectivity index (χ0) is 19.0. The summed E-state index contributed by atoms with van der Waals surface area (Å²) in [6, 6.07) is 2.10. The minimum absolute atomic E-state index is 0.299. The fourth-order valence-electron chi connectivity index (χ4n) is 3.85. The minimum atomic E-state index is -0.425. The standard InChI is InChI=1S/C18H26BN7O/c1-4-20-17-8-16(13-6-5-7-25(12-13)19(2)27)23-18-15(10-22-26(17)18)14-9-21-24(3)11-14/h8-11,13,20,27H,4-7,12H2,1-3H3. The van der Waals surface area contributed by atoms with E-state index in [4.69, 9.17) is 4.98 Å². The van der Waals surface area contributed by atoms with E-state index >= 15 is 0 Å². The fraction of sp³-hybridized carbons (Fsp3) is 0.500.